The Labute approximate surface area is 184 Å². The van der Waals surface area contributed by atoms with Gasteiger partial charge in [-0.15, -0.1) is 11.3 Å². The van der Waals surface area contributed by atoms with E-state index < -0.39 is 10.0 Å². The molecule has 31 heavy (non-hydrogen) atoms. The third-order valence-electron chi connectivity index (χ3n) is 4.42. The van der Waals surface area contributed by atoms with Crippen molar-refractivity contribution in [3.63, 3.8) is 0 Å². The smallest absolute Gasteiger partial charge is 0.271 e. The lowest BCUT2D eigenvalue weighted by Gasteiger charge is -2.11. The van der Waals surface area contributed by atoms with Gasteiger partial charge in [0.1, 0.15) is 9.73 Å². The van der Waals surface area contributed by atoms with Gasteiger partial charge in [-0.05, 0) is 47.8 Å². The summed E-state index contributed by atoms with van der Waals surface area (Å²) >= 11 is 1.12. The third-order valence-corrected chi connectivity index (χ3v) is 7.20. The SMILES string of the molecule is CC(C)(C)c1nc2cc(NC(=O)c3cccc(NS(=O)(=O)c4cccs4)c3)ccc2o1. The van der Waals surface area contributed by atoms with Crippen LogP contribution in [0.2, 0.25) is 0 Å². The van der Waals surface area contributed by atoms with Crippen LogP contribution >= 0.6 is 11.3 Å². The molecule has 4 rings (SSSR count). The zero-order valence-corrected chi connectivity index (χ0v) is 18.8. The molecule has 0 bridgehead atoms. The van der Waals surface area contributed by atoms with Gasteiger partial charge in [0.15, 0.2) is 5.58 Å². The van der Waals surface area contributed by atoms with Crippen LogP contribution in [-0.2, 0) is 15.4 Å². The Hall–Kier alpha value is -3.17. The van der Waals surface area contributed by atoms with Gasteiger partial charge in [-0.1, -0.05) is 32.9 Å². The number of sulfonamides is 1. The number of hydrogen-bond acceptors (Lipinski definition) is 6. The number of nitrogens with zero attached hydrogens (tertiary/aromatic N) is 1. The quantitative estimate of drug-likeness (QED) is 0.428. The molecule has 0 aliphatic rings. The maximum absolute atomic E-state index is 12.7. The second-order valence-electron chi connectivity index (χ2n) is 8.02. The average molecular weight is 456 g/mol. The summed E-state index contributed by atoms with van der Waals surface area (Å²) in [5, 5.41) is 4.51. The van der Waals surface area contributed by atoms with Gasteiger partial charge in [-0.3, -0.25) is 9.52 Å². The van der Waals surface area contributed by atoms with Crippen molar-refractivity contribution < 1.29 is 17.6 Å². The Balaban J connectivity index is 1.53. The van der Waals surface area contributed by atoms with Crippen LogP contribution < -0.4 is 10.0 Å². The van der Waals surface area contributed by atoms with E-state index in [1.807, 2.05) is 20.8 Å². The number of oxazole rings is 1. The number of anilines is 2. The van der Waals surface area contributed by atoms with E-state index in [4.69, 9.17) is 4.42 Å². The van der Waals surface area contributed by atoms with Crippen molar-refractivity contribution >= 4 is 49.7 Å². The molecule has 2 aromatic heterocycles. The van der Waals surface area contributed by atoms with Crippen LogP contribution in [0.15, 0.2) is 68.6 Å². The molecule has 0 saturated carbocycles. The first-order chi connectivity index (χ1) is 14.6. The fourth-order valence-corrected chi connectivity index (χ4v) is 4.92. The molecule has 0 atom stereocenters. The predicted molar refractivity (Wildman–Crippen MR) is 122 cm³/mol. The van der Waals surface area contributed by atoms with E-state index in [1.165, 1.54) is 12.1 Å². The molecule has 0 aliphatic heterocycles. The minimum absolute atomic E-state index is 0.206. The van der Waals surface area contributed by atoms with E-state index in [2.05, 4.69) is 15.0 Å². The zero-order chi connectivity index (χ0) is 22.2. The van der Waals surface area contributed by atoms with Gasteiger partial charge in [0, 0.05) is 22.4 Å². The van der Waals surface area contributed by atoms with Crippen molar-refractivity contribution in [2.45, 2.75) is 30.4 Å². The Morgan fingerprint density at radius 2 is 1.84 bits per heavy atom. The van der Waals surface area contributed by atoms with Crippen LogP contribution in [0.1, 0.15) is 37.0 Å². The Bertz CT molecular complexity index is 1350. The lowest BCUT2D eigenvalue weighted by atomic mass is 9.97. The molecular weight excluding hydrogens is 434 g/mol. The average Bonchev–Trinajstić information content (AvgIpc) is 3.37. The molecule has 1 amide bonds. The van der Waals surface area contributed by atoms with Crippen LogP contribution in [0.5, 0.6) is 0 Å². The number of rotatable bonds is 5. The summed E-state index contributed by atoms with van der Waals surface area (Å²) in [6.45, 7) is 6.04. The monoisotopic (exact) mass is 455 g/mol. The molecule has 9 heteroatoms. The number of amides is 1. The Kier molecular flexibility index (Phi) is 5.32. The third kappa shape index (κ3) is 4.62. The lowest BCUT2D eigenvalue weighted by molar-refractivity contribution is 0.102. The van der Waals surface area contributed by atoms with E-state index >= 15 is 0 Å². The van der Waals surface area contributed by atoms with E-state index in [-0.39, 0.29) is 15.5 Å². The maximum atomic E-state index is 12.7. The maximum Gasteiger partial charge on any atom is 0.271 e. The van der Waals surface area contributed by atoms with Gasteiger partial charge < -0.3 is 9.73 Å². The molecule has 4 aromatic rings. The first-order valence-electron chi connectivity index (χ1n) is 9.51. The fourth-order valence-electron chi connectivity index (χ4n) is 2.88. The molecule has 2 heterocycles. The zero-order valence-electron chi connectivity index (χ0n) is 17.2. The van der Waals surface area contributed by atoms with Crippen LogP contribution in [0.25, 0.3) is 11.1 Å². The van der Waals surface area contributed by atoms with Crippen LogP contribution in [0.3, 0.4) is 0 Å². The van der Waals surface area contributed by atoms with Crippen molar-refractivity contribution in [2.75, 3.05) is 10.0 Å². The molecule has 0 saturated heterocycles. The van der Waals surface area contributed by atoms with E-state index in [9.17, 15) is 13.2 Å². The number of thiophene rings is 1. The van der Waals surface area contributed by atoms with Gasteiger partial charge in [0.25, 0.3) is 15.9 Å². The molecule has 0 aliphatic carbocycles. The fraction of sp³-hybridized carbons (Fsp3) is 0.182. The number of carbonyl (C=O) groups is 1. The predicted octanol–water partition coefficient (Wildman–Crippen LogP) is 5.24. The number of hydrogen-bond donors (Lipinski definition) is 2. The van der Waals surface area contributed by atoms with Gasteiger partial charge >= 0.3 is 0 Å². The number of fused-ring (bicyclic) bond motifs is 1. The second-order valence-corrected chi connectivity index (χ2v) is 10.9. The van der Waals surface area contributed by atoms with Crippen molar-refractivity contribution in [2.24, 2.45) is 0 Å². The molecule has 2 aromatic carbocycles. The largest absolute Gasteiger partial charge is 0.440 e. The van der Waals surface area contributed by atoms with E-state index in [0.29, 0.717) is 33.9 Å². The summed E-state index contributed by atoms with van der Waals surface area (Å²) in [4.78, 5) is 17.2. The molecule has 0 unspecified atom stereocenters. The van der Waals surface area contributed by atoms with Gasteiger partial charge in [0.05, 0.1) is 0 Å². The highest BCUT2D eigenvalue weighted by atomic mass is 32.2. The summed E-state index contributed by atoms with van der Waals surface area (Å²) in [7, 11) is -3.69. The Morgan fingerprint density at radius 3 is 2.55 bits per heavy atom. The van der Waals surface area contributed by atoms with Crippen molar-refractivity contribution in [1.82, 2.24) is 4.98 Å². The molecule has 0 fully saturated rings. The van der Waals surface area contributed by atoms with Gasteiger partial charge in [-0.2, -0.15) is 0 Å². The van der Waals surface area contributed by atoms with Gasteiger partial charge in [0.2, 0.25) is 5.89 Å². The molecule has 7 nitrogen and oxygen atoms in total. The minimum atomic E-state index is -3.69. The first kappa shape index (κ1) is 21.1. The topological polar surface area (TPSA) is 101 Å². The molecule has 160 valence electrons. The van der Waals surface area contributed by atoms with Crippen LogP contribution in [-0.4, -0.2) is 19.3 Å². The van der Waals surface area contributed by atoms with Crippen LogP contribution in [0, 0.1) is 0 Å². The van der Waals surface area contributed by atoms with Crippen molar-refractivity contribution in [3.8, 4) is 0 Å². The summed E-state index contributed by atoms with van der Waals surface area (Å²) in [6, 6.07) is 14.8. The van der Waals surface area contributed by atoms with Crippen molar-refractivity contribution in [1.29, 1.82) is 0 Å². The molecular formula is C22H21N3O4S2. The normalized spacial score (nSPS) is 12.1. The summed E-state index contributed by atoms with van der Waals surface area (Å²) < 4.78 is 33.3. The molecule has 0 spiro atoms. The van der Waals surface area contributed by atoms with Gasteiger partial charge in [-0.25, -0.2) is 13.4 Å². The van der Waals surface area contributed by atoms with E-state index in [1.54, 1.807) is 47.8 Å². The molecule has 0 radical (unpaired) electrons. The summed E-state index contributed by atoms with van der Waals surface area (Å²) in [6.07, 6.45) is 0. The van der Waals surface area contributed by atoms with Crippen LogP contribution in [0.4, 0.5) is 11.4 Å². The minimum Gasteiger partial charge on any atom is -0.440 e. The number of aromatic nitrogens is 1. The first-order valence-corrected chi connectivity index (χ1v) is 11.9. The standard InChI is InChI=1S/C22H21N3O4S2/c1-22(2,3)21-24-17-13-15(9-10-18(17)29-21)23-20(26)14-6-4-7-16(12-14)25-31(27,28)19-8-5-11-30-19/h4-13,25H,1-3H3,(H,23,26). The molecule has 2 N–H and O–H groups in total. The number of nitrogens with one attached hydrogen (secondary N) is 2. The summed E-state index contributed by atoms with van der Waals surface area (Å²) in [5.41, 5.74) is 2.27. The number of benzene rings is 2. The number of carbonyl (C=O) groups excluding carboxylic acids is 1. The Morgan fingerprint density at radius 1 is 1.03 bits per heavy atom. The summed E-state index contributed by atoms with van der Waals surface area (Å²) in [5.74, 6) is 0.257. The van der Waals surface area contributed by atoms with E-state index in [0.717, 1.165) is 11.3 Å². The lowest BCUT2D eigenvalue weighted by Crippen LogP contribution is -2.14. The van der Waals surface area contributed by atoms with Crippen molar-refractivity contribution in [3.05, 3.63) is 71.4 Å². The highest BCUT2D eigenvalue weighted by molar-refractivity contribution is 7.94. The highest BCUT2D eigenvalue weighted by Crippen LogP contribution is 2.27. The highest BCUT2D eigenvalue weighted by Gasteiger charge is 2.21. The second kappa shape index (κ2) is 7.82.